The zero-order valence-corrected chi connectivity index (χ0v) is 13.3. The van der Waals surface area contributed by atoms with Crippen LogP contribution in [-0.2, 0) is 4.74 Å². The molecule has 0 bridgehead atoms. The standard InChI is InChI=1S/C18H23N3O2/c1-22-9-10-23-14-6-4-5-13(11-14)17-12-18(21-20-17)15-7-2-3-8-16(15)19/h2-8,11,17-18,20-21H,9-10,12,19H2,1H3. The maximum absolute atomic E-state index is 6.08. The van der Waals surface area contributed by atoms with Gasteiger partial charge in [0.05, 0.1) is 12.6 Å². The topological polar surface area (TPSA) is 68.5 Å². The Labute approximate surface area is 136 Å². The van der Waals surface area contributed by atoms with Crippen LogP contribution in [0.3, 0.4) is 0 Å². The van der Waals surface area contributed by atoms with Crippen LogP contribution in [0.2, 0.25) is 0 Å². The lowest BCUT2D eigenvalue weighted by molar-refractivity contribution is 0.146. The van der Waals surface area contributed by atoms with Gasteiger partial charge in [-0.25, -0.2) is 10.9 Å². The van der Waals surface area contributed by atoms with Crippen LogP contribution in [0.5, 0.6) is 5.75 Å². The third kappa shape index (κ3) is 3.82. The molecule has 2 aromatic rings. The number of nitrogens with two attached hydrogens (primary N) is 1. The fourth-order valence-corrected chi connectivity index (χ4v) is 2.87. The second kappa shape index (κ2) is 7.46. The molecule has 5 nitrogen and oxygen atoms in total. The monoisotopic (exact) mass is 313 g/mol. The molecule has 1 heterocycles. The number of hydrogen-bond acceptors (Lipinski definition) is 5. The van der Waals surface area contributed by atoms with Crippen molar-refractivity contribution < 1.29 is 9.47 Å². The number of anilines is 1. The van der Waals surface area contributed by atoms with Crippen molar-refractivity contribution in [3.05, 3.63) is 59.7 Å². The van der Waals surface area contributed by atoms with Gasteiger partial charge in [-0.15, -0.1) is 0 Å². The molecule has 122 valence electrons. The SMILES string of the molecule is COCCOc1cccc(C2CC(c3ccccc3N)NN2)c1. The van der Waals surface area contributed by atoms with Crippen LogP contribution >= 0.6 is 0 Å². The fourth-order valence-electron chi connectivity index (χ4n) is 2.87. The van der Waals surface area contributed by atoms with Crippen molar-refractivity contribution in [3.8, 4) is 5.75 Å². The number of benzene rings is 2. The molecule has 1 saturated heterocycles. The highest BCUT2D eigenvalue weighted by atomic mass is 16.5. The minimum atomic E-state index is 0.208. The molecule has 1 fully saturated rings. The van der Waals surface area contributed by atoms with E-state index >= 15 is 0 Å². The van der Waals surface area contributed by atoms with Gasteiger partial charge in [-0.05, 0) is 35.7 Å². The molecular formula is C18H23N3O2. The summed E-state index contributed by atoms with van der Waals surface area (Å²) in [5.74, 6) is 0.865. The third-order valence-corrected chi connectivity index (χ3v) is 4.09. The summed E-state index contributed by atoms with van der Waals surface area (Å²) >= 11 is 0. The molecule has 1 aliphatic rings. The molecule has 0 aromatic heterocycles. The highest BCUT2D eigenvalue weighted by molar-refractivity contribution is 5.48. The van der Waals surface area contributed by atoms with Gasteiger partial charge in [-0.2, -0.15) is 0 Å². The van der Waals surface area contributed by atoms with E-state index in [4.69, 9.17) is 15.2 Å². The second-order valence-corrected chi connectivity index (χ2v) is 5.67. The summed E-state index contributed by atoms with van der Waals surface area (Å²) in [7, 11) is 1.67. The number of hydrogen-bond donors (Lipinski definition) is 3. The Morgan fingerprint density at radius 1 is 1.04 bits per heavy atom. The van der Waals surface area contributed by atoms with Crippen molar-refractivity contribution in [2.24, 2.45) is 0 Å². The van der Waals surface area contributed by atoms with E-state index < -0.39 is 0 Å². The minimum Gasteiger partial charge on any atom is -0.491 e. The first kappa shape index (κ1) is 15.8. The smallest absolute Gasteiger partial charge is 0.119 e. The van der Waals surface area contributed by atoms with Gasteiger partial charge in [-0.3, -0.25) is 0 Å². The molecule has 0 spiro atoms. The summed E-state index contributed by atoms with van der Waals surface area (Å²) in [6, 6.07) is 16.6. The van der Waals surface area contributed by atoms with E-state index in [1.807, 2.05) is 30.3 Å². The first-order chi connectivity index (χ1) is 11.3. The van der Waals surface area contributed by atoms with E-state index in [0.717, 1.165) is 23.4 Å². The first-order valence-electron chi connectivity index (χ1n) is 7.85. The molecule has 5 heteroatoms. The molecule has 3 rings (SSSR count). The normalized spacial score (nSPS) is 20.6. The molecular weight excluding hydrogens is 290 g/mol. The number of hydrazine groups is 1. The molecule has 2 unspecified atom stereocenters. The lowest BCUT2D eigenvalue weighted by Gasteiger charge is -2.13. The highest BCUT2D eigenvalue weighted by Crippen LogP contribution is 2.34. The number of nitrogens with one attached hydrogen (secondary N) is 2. The van der Waals surface area contributed by atoms with Gasteiger partial charge in [0, 0.05) is 18.8 Å². The van der Waals surface area contributed by atoms with Gasteiger partial charge >= 0.3 is 0 Å². The van der Waals surface area contributed by atoms with Crippen LogP contribution < -0.4 is 21.3 Å². The number of ether oxygens (including phenoxy) is 2. The summed E-state index contributed by atoms with van der Waals surface area (Å²) in [4.78, 5) is 0. The fraction of sp³-hybridized carbons (Fsp3) is 0.333. The van der Waals surface area contributed by atoms with E-state index in [9.17, 15) is 0 Å². The van der Waals surface area contributed by atoms with Crippen LogP contribution in [0.1, 0.15) is 29.6 Å². The number of rotatable bonds is 6. The average Bonchev–Trinajstić information content (AvgIpc) is 3.06. The van der Waals surface area contributed by atoms with Crippen molar-refractivity contribution in [1.29, 1.82) is 0 Å². The largest absolute Gasteiger partial charge is 0.491 e. The van der Waals surface area contributed by atoms with E-state index in [-0.39, 0.29) is 12.1 Å². The number of para-hydroxylation sites is 1. The van der Waals surface area contributed by atoms with Crippen LogP contribution in [0.25, 0.3) is 0 Å². The van der Waals surface area contributed by atoms with E-state index in [2.05, 4.69) is 29.1 Å². The molecule has 0 aliphatic carbocycles. The maximum atomic E-state index is 6.08. The zero-order chi connectivity index (χ0) is 16.1. The number of nitrogen functional groups attached to an aromatic ring is 1. The Hall–Kier alpha value is -2.08. The van der Waals surface area contributed by atoms with Crippen LogP contribution in [0.15, 0.2) is 48.5 Å². The highest BCUT2D eigenvalue weighted by Gasteiger charge is 2.27. The Bertz CT molecular complexity index is 648. The molecule has 0 saturated carbocycles. The van der Waals surface area contributed by atoms with E-state index in [1.165, 1.54) is 5.56 Å². The summed E-state index contributed by atoms with van der Waals surface area (Å²) in [6.07, 6.45) is 0.940. The van der Waals surface area contributed by atoms with Gasteiger partial charge in [0.1, 0.15) is 12.4 Å². The van der Waals surface area contributed by atoms with Crippen LogP contribution in [-0.4, -0.2) is 20.3 Å². The van der Waals surface area contributed by atoms with Crippen molar-refractivity contribution in [1.82, 2.24) is 10.9 Å². The zero-order valence-electron chi connectivity index (χ0n) is 13.3. The van der Waals surface area contributed by atoms with Crippen molar-refractivity contribution in [3.63, 3.8) is 0 Å². The lowest BCUT2D eigenvalue weighted by Crippen LogP contribution is -2.27. The predicted molar refractivity (Wildman–Crippen MR) is 91.0 cm³/mol. The summed E-state index contributed by atoms with van der Waals surface area (Å²) in [6.45, 7) is 1.14. The molecule has 1 aliphatic heterocycles. The molecule has 23 heavy (non-hydrogen) atoms. The van der Waals surface area contributed by atoms with Crippen LogP contribution in [0.4, 0.5) is 5.69 Å². The van der Waals surface area contributed by atoms with Gasteiger partial charge in [0.2, 0.25) is 0 Å². The Morgan fingerprint density at radius 3 is 2.70 bits per heavy atom. The van der Waals surface area contributed by atoms with Crippen molar-refractivity contribution in [2.45, 2.75) is 18.5 Å². The lowest BCUT2D eigenvalue weighted by atomic mass is 9.97. The Morgan fingerprint density at radius 2 is 1.87 bits per heavy atom. The second-order valence-electron chi connectivity index (χ2n) is 5.67. The van der Waals surface area contributed by atoms with E-state index in [0.29, 0.717) is 13.2 Å². The molecule has 2 aromatic carbocycles. The summed E-state index contributed by atoms with van der Waals surface area (Å²) < 4.78 is 10.7. The molecule has 2 atom stereocenters. The van der Waals surface area contributed by atoms with Gasteiger partial charge in [-0.1, -0.05) is 30.3 Å². The third-order valence-electron chi connectivity index (χ3n) is 4.09. The molecule has 0 radical (unpaired) electrons. The Balaban J connectivity index is 1.67. The predicted octanol–water partition coefficient (Wildman–Crippen LogP) is 2.57. The molecule has 4 N–H and O–H groups in total. The number of methoxy groups -OCH3 is 1. The van der Waals surface area contributed by atoms with E-state index in [1.54, 1.807) is 7.11 Å². The van der Waals surface area contributed by atoms with Gasteiger partial charge < -0.3 is 15.2 Å². The van der Waals surface area contributed by atoms with Crippen molar-refractivity contribution >= 4 is 5.69 Å². The quantitative estimate of drug-likeness (QED) is 0.565. The van der Waals surface area contributed by atoms with Gasteiger partial charge in [0.15, 0.2) is 0 Å². The van der Waals surface area contributed by atoms with Crippen LogP contribution in [0, 0.1) is 0 Å². The Kier molecular flexibility index (Phi) is 5.12. The summed E-state index contributed by atoms with van der Waals surface area (Å²) in [5, 5.41) is 0. The minimum absolute atomic E-state index is 0.208. The summed E-state index contributed by atoms with van der Waals surface area (Å²) in [5.41, 5.74) is 15.9. The average molecular weight is 313 g/mol. The maximum Gasteiger partial charge on any atom is 0.119 e. The van der Waals surface area contributed by atoms with Gasteiger partial charge in [0.25, 0.3) is 0 Å². The van der Waals surface area contributed by atoms with Crippen molar-refractivity contribution in [2.75, 3.05) is 26.1 Å². The molecule has 0 amide bonds. The first-order valence-corrected chi connectivity index (χ1v) is 7.85.